The lowest BCUT2D eigenvalue weighted by Gasteiger charge is -2.09. The third kappa shape index (κ3) is 3.73. The highest BCUT2D eigenvalue weighted by Crippen LogP contribution is 2.18. The predicted molar refractivity (Wildman–Crippen MR) is 58.3 cm³/mol. The molecule has 0 aliphatic carbocycles. The van der Waals surface area contributed by atoms with Gasteiger partial charge in [-0.25, -0.2) is 0 Å². The Bertz CT molecular complexity index is 384. The highest BCUT2D eigenvalue weighted by molar-refractivity contribution is 5.77. The van der Waals surface area contributed by atoms with Crippen LogP contribution in [0.4, 0.5) is 0 Å². The SMILES string of the molecule is COC(=O)Cc1ccccc1OCC(C)=O. The van der Waals surface area contributed by atoms with E-state index in [9.17, 15) is 9.59 Å². The first-order valence-electron chi connectivity index (χ1n) is 4.90. The Kier molecular flexibility index (Phi) is 4.51. The van der Waals surface area contributed by atoms with Gasteiger partial charge in [-0.1, -0.05) is 18.2 Å². The number of ether oxygens (including phenoxy) is 2. The van der Waals surface area contributed by atoms with Gasteiger partial charge in [-0.05, 0) is 13.0 Å². The van der Waals surface area contributed by atoms with E-state index in [4.69, 9.17) is 4.74 Å². The van der Waals surface area contributed by atoms with E-state index in [1.54, 1.807) is 24.3 Å². The van der Waals surface area contributed by atoms with Gasteiger partial charge in [0, 0.05) is 5.56 Å². The smallest absolute Gasteiger partial charge is 0.310 e. The normalized spacial score (nSPS) is 9.62. The molecule has 0 saturated carbocycles. The zero-order valence-electron chi connectivity index (χ0n) is 9.36. The largest absolute Gasteiger partial charge is 0.486 e. The van der Waals surface area contributed by atoms with Crippen LogP contribution in [0.25, 0.3) is 0 Å². The van der Waals surface area contributed by atoms with Crippen LogP contribution in [0.5, 0.6) is 5.75 Å². The molecule has 0 unspecified atom stereocenters. The van der Waals surface area contributed by atoms with Crippen molar-refractivity contribution in [2.75, 3.05) is 13.7 Å². The van der Waals surface area contributed by atoms with Crippen molar-refractivity contribution < 1.29 is 19.1 Å². The van der Waals surface area contributed by atoms with Crippen LogP contribution in [0.15, 0.2) is 24.3 Å². The minimum absolute atomic E-state index is 0.0121. The van der Waals surface area contributed by atoms with Gasteiger partial charge in [0.05, 0.1) is 13.5 Å². The van der Waals surface area contributed by atoms with Crippen molar-refractivity contribution >= 4 is 11.8 Å². The van der Waals surface area contributed by atoms with Crippen LogP contribution in [-0.2, 0) is 20.7 Å². The van der Waals surface area contributed by atoms with Gasteiger partial charge in [0.25, 0.3) is 0 Å². The van der Waals surface area contributed by atoms with E-state index in [0.29, 0.717) is 5.75 Å². The highest BCUT2D eigenvalue weighted by atomic mass is 16.5. The maximum Gasteiger partial charge on any atom is 0.310 e. The number of Topliss-reactive ketones (excluding diaryl/α,β-unsaturated/α-hetero) is 1. The number of carbonyl (C=O) groups excluding carboxylic acids is 2. The second-order valence-electron chi connectivity index (χ2n) is 3.35. The molecule has 0 atom stereocenters. The number of ketones is 1. The van der Waals surface area contributed by atoms with E-state index >= 15 is 0 Å². The molecule has 0 saturated heterocycles. The van der Waals surface area contributed by atoms with Crippen molar-refractivity contribution in [1.29, 1.82) is 0 Å². The lowest BCUT2D eigenvalue weighted by Crippen LogP contribution is -2.10. The number of carbonyl (C=O) groups is 2. The maximum atomic E-state index is 11.1. The minimum atomic E-state index is -0.334. The van der Waals surface area contributed by atoms with Crippen molar-refractivity contribution in [3.05, 3.63) is 29.8 Å². The number of rotatable bonds is 5. The summed E-state index contributed by atoms with van der Waals surface area (Å²) in [6, 6.07) is 7.09. The Hall–Kier alpha value is -1.84. The molecule has 0 heterocycles. The van der Waals surface area contributed by atoms with Gasteiger partial charge in [0.1, 0.15) is 12.4 Å². The number of methoxy groups -OCH3 is 1. The van der Waals surface area contributed by atoms with Crippen molar-refractivity contribution in [3.8, 4) is 5.75 Å². The van der Waals surface area contributed by atoms with Gasteiger partial charge >= 0.3 is 5.97 Å². The molecule has 1 rings (SSSR count). The number of esters is 1. The molecule has 0 N–H and O–H groups in total. The molecule has 4 heteroatoms. The Labute approximate surface area is 94.2 Å². The summed E-state index contributed by atoms with van der Waals surface area (Å²) in [5.41, 5.74) is 0.718. The molecular weight excluding hydrogens is 208 g/mol. The van der Waals surface area contributed by atoms with Crippen molar-refractivity contribution in [2.45, 2.75) is 13.3 Å². The third-order valence-corrected chi connectivity index (χ3v) is 1.97. The van der Waals surface area contributed by atoms with Gasteiger partial charge in [0.2, 0.25) is 0 Å². The van der Waals surface area contributed by atoms with E-state index in [-0.39, 0.29) is 24.8 Å². The average Bonchev–Trinajstić information content (AvgIpc) is 2.27. The lowest BCUT2D eigenvalue weighted by molar-refractivity contribution is -0.139. The van der Waals surface area contributed by atoms with Crippen molar-refractivity contribution in [2.24, 2.45) is 0 Å². The van der Waals surface area contributed by atoms with Gasteiger partial charge in [-0.2, -0.15) is 0 Å². The summed E-state index contributed by atoms with van der Waals surface area (Å²) in [5.74, 6) is 0.148. The number of benzene rings is 1. The van der Waals surface area contributed by atoms with Crippen molar-refractivity contribution in [1.82, 2.24) is 0 Å². The fourth-order valence-electron chi connectivity index (χ4n) is 1.20. The molecule has 1 aromatic rings. The number of hydrogen-bond donors (Lipinski definition) is 0. The molecule has 0 aliphatic rings. The molecular formula is C12H14O4. The fraction of sp³-hybridized carbons (Fsp3) is 0.333. The summed E-state index contributed by atoms with van der Waals surface area (Å²) in [6.45, 7) is 1.46. The van der Waals surface area contributed by atoms with Crippen LogP contribution >= 0.6 is 0 Å². The van der Waals surface area contributed by atoms with Crippen LogP contribution in [0, 0.1) is 0 Å². The van der Waals surface area contributed by atoms with Gasteiger partial charge in [-0.3, -0.25) is 9.59 Å². The summed E-state index contributed by atoms with van der Waals surface area (Å²) in [6.07, 6.45) is 0.143. The molecule has 1 aromatic carbocycles. The Morgan fingerprint density at radius 3 is 2.56 bits per heavy atom. The quantitative estimate of drug-likeness (QED) is 0.706. The Morgan fingerprint density at radius 1 is 1.25 bits per heavy atom. The fourth-order valence-corrected chi connectivity index (χ4v) is 1.20. The van der Waals surface area contributed by atoms with E-state index in [1.807, 2.05) is 0 Å². The summed E-state index contributed by atoms with van der Waals surface area (Å²) in [7, 11) is 1.33. The topological polar surface area (TPSA) is 52.6 Å². The monoisotopic (exact) mass is 222 g/mol. The van der Waals surface area contributed by atoms with Crippen LogP contribution < -0.4 is 4.74 Å². The van der Waals surface area contributed by atoms with E-state index in [1.165, 1.54) is 14.0 Å². The van der Waals surface area contributed by atoms with Gasteiger partial charge in [-0.15, -0.1) is 0 Å². The van der Waals surface area contributed by atoms with Crippen LogP contribution in [-0.4, -0.2) is 25.5 Å². The summed E-state index contributed by atoms with van der Waals surface area (Å²) >= 11 is 0. The molecule has 0 radical (unpaired) electrons. The zero-order valence-corrected chi connectivity index (χ0v) is 9.36. The van der Waals surface area contributed by atoms with E-state index < -0.39 is 0 Å². The summed E-state index contributed by atoms with van der Waals surface area (Å²) < 4.78 is 9.86. The molecule has 0 aromatic heterocycles. The van der Waals surface area contributed by atoms with E-state index in [0.717, 1.165) is 5.56 Å². The highest BCUT2D eigenvalue weighted by Gasteiger charge is 2.08. The molecule has 16 heavy (non-hydrogen) atoms. The van der Waals surface area contributed by atoms with Crippen LogP contribution in [0.3, 0.4) is 0 Å². The number of para-hydroxylation sites is 1. The molecule has 0 bridgehead atoms. The van der Waals surface area contributed by atoms with Crippen molar-refractivity contribution in [3.63, 3.8) is 0 Å². The molecule has 0 amide bonds. The Balaban J connectivity index is 2.74. The van der Waals surface area contributed by atoms with E-state index in [2.05, 4.69) is 4.74 Å². The molecule has 0 aliphatic heterocycles. The maximum absolute atomic E-state index is 11.1. The Morgan fingerprint density at radius 2 is 1.94 bits per heavy atom. The molecule has 86 valence electrons. The third-order valence-electron chi connectivity index (χ3n) is 1.97. The molecule has 0 spiro atoms. The van der Waals surface area contributed by atoms with Crippen LogP contribution in [0.2, 0.25) is 0 Å². The second kappa shape index (κ2) is 5.90. The first-order valence-corrected chi connectivity index (χ1v) is 4.90. The first kappa shape index (κ1) is 12.2. The average molecular weight is 222 g/mol. The standard InChI is InChI=1S/C12H14O4/c1-9(13)8-16-11-6-4-3-5-10(11)7-12(14)15-2/h3-6H,7-8H2,1-2H3. The first-order chi connectivity index (χ1) is 7.63. The predicted octanol–water partition coefficient (Wildman–Crippen LogP) is 1.37. The van der Waals surface area contributed by atoms with Crippen LogP contribution in [0.1, 0.15) is 12.5 Å². The zero-order chi connectivity index (χ0) is 12.0. The lowest BCUT2D eigenvalue weighted by atomic mass is 10.1. The second-order valence-corrected chi connectivity index (χ2v) is 3.35. The van der Waals surface area contributed by atoms with Gasteiger partial charge in [0.15, 0.2) is 5.78 Å². The van der Waals surface area contributed by atoms with Gasteiger partial charge < -0.3 is 9.47 Å². The summed E-state index contributed by atoms with van der Waals surface area (Å²) in [5, 5.41) is 0. The summed E-state index contributed by atoms with van der Waals surface area (Å²) in [4.78, 5) is 21.9. The minimum Gasteiger partial charge on any atom is -0.486 e. The molecule has 0 fully saturated rings. The molecule has 4 nitrogen and oxygen atoms in total. The number of hydrogen-bond acceptors (Lipinski definition) is 4.